The number of piperidine rings is 1. The van der Waals surface area contributed by atoms with Gasteiger partial charge in [-0.15, -0.1) is 0 Å². The highest BCUT2D eigenvalue weighted by molar-refractivity contribution is 5.83. The molecule has 1 amide bonds. The van der Waals surface area contributed by atoms with Gasteiger partial charge < -0.3 is 25.4 Å². The molecule has 35 heavy (non-hydrogen) atoms. The van der Waals surface area contributed by atoms with E-state index in [0.29, 0.717) is 24.3 Å². The van der Waals surface area contributed by atoms with Crippen molar-refractivity contribution in [3.8, 4) is 5.75 Å². The first kappa shape index (κ1) is 23.3. The van der Waals surface area contributed by atoms with Gasteiger partial charge >= 0.3 is 11.9 Å². The molecule has 10 heteroatoms. The summed E-state index contributed by atoms with van der Waals surface area (Å²) in [6.45, 7) is 1.55. The summed E-state index contributed by atoms with van der Waals surface area (Å²) in [5.41, 5.74) is 3.13. The molecule has 1 aromatic heterocycles. The number of likely N-dealkylation sites (tertiary alicyclic amines) is 1. The molecule has 0 radical (unpaired) electrons. The number of rotatable bonds is 8. The van der Waals surface area contributed by atoms with Crippen molar-refractivity contribution in [3.05, 3.63) is 41.2 Å². The quantitative estimate of drug-likeness (QED) is 0.412. The first-order valence-corrected chi connectivity index (χ1v) is 12.3. The third-order valence-corrected chi connectivity index (χ3v) is 7.17. The number of hydrogen-bond donors (Lipinski definition) is 4. The standard InChI is InChI=1S/C25H31N5O5/c31-21(32)12-19(17-11-20-24(27-13-17)28-14-22(33)35-20)30-10-8-16(25(30)34)3-1-5-18-7-6-15-4-2-9-26-23(15)29-18/h6-7,11,13,16,19,23,26,29H,1-5,8-10,12,14H2,(H,27,28)(H,31,32)/t16?,19-,23?/m0/s1. The molecule has 2 saturated heterocycles. The average Bonchev–Trinajstić information content (AvgIpc) is 3.21. The molecule has 0 saturated carbocycles. The molecule has 5 heterocycles. The van der Waals surface area contributed by atoms with Crippen molar-refractivity contribution in [2.24, 2.45) is 5.92 Å². The number of dihydropyridines is 1. The van der Waals surface area contributed by atoms with Gasteiger partial charge in [0.05, 0.1) is 18.6 Å². The van der Waals surface area contributed by atoms with Crippen LogP contribution in [0.1, 0.15) is 56.6 Å². The van der Waals surface area contributed by atoms with Crippen LogP contribution in [-0.2, 0) is 14.4 Å². The van der Waals surface area contributed by atoms with Crippen LogP contribution >= 0.6 is 0 Å². The van der Waals surface area contributed by atoms with E-state index in [0.717, 1.165) is 32.2 Å². The zero-order chi connectivity index (χ0) is 24.4. The van der Waals surface area contributed by atoms with E-state index in [1.165, 1.54) is 17.7 Å². The lowest BCUT2D eigenvalue weighted by atomic mass is 9.96. The molecule has 10 nitrogen and oxygen atoms in total. The topological polar surface area (TPSA) is 133 Å². The number of hydrogen-bond acceptors (Lipinski definition) is 8. The molecule has 2 unspecified atom stereocenters. The molecule has 2 fully saturated rings. The minimum absolute atomic E-state index is 0.0224. The predicted octanol–water partition coefficient (Wildman–Crippen LogP) is 2.07. The van der Waals surface area contributed by atoms with Gasteiger partial charge in [-0.3, -0.25) is 14.9 Å². The predicted molar refractivity (Wildman–Crippen MR) is 127 cm³/mol. The summed E-state index contributed by atoms with van der Waals surface area (Å²) in [6.07, 6.45) is 11.4. The van der Waals surface area contributed by atoms with Crippen molar-refractivity contribution in [2.45, 2.75) is 57.2 Å². The van der Waals surface area contributed by atoms with E-state index in [-0.39, 0.29) is 36.7 Å². The number of fused-ring (bicyclic) bond motifs is 2. The highest BCUT2D eigenvalue weighted by Gasteiger charge is 2.37. The SMILES string of the molecule is O=C(O)C[C@@H](c1cnc2c(c1)OC(=O)CN2)N1CCC(CCCC2=CC=C3CCCNC3N2)C1=O. The third kappa shape index (κ3) is 5.17. The van der Waals surface area contributed by atoms with E-state index in [4.69, 9.17) is 4.74 Å². The second kappa shape index (κ2) is 10.1. The smallest absolute Gasteiger partial charge is 0.330 e. The lowest BCUT2D eigenvalue weighted by Gasteiger charge is -2.32. The summed E-state index contributed by atoms with van der Waals surface area (Å²) >= 11 is 0. The molecule has 4 aliphatic heterocycles. The van der Waals surface area contributed by atoms with Crippen LogP contribution < -0.4 is 20.7 Å². The minimum Gasteiger partial charge on any atom is -0.481 e. The number of ether oxygens (including phenoxy) is 1. The molecular weight excluding hydrogens is 450 g/mol. The van der Waals surface area contributed by atoms with Gasteiger partial charge in [-0.2, -0.15) is 0 Å². The molecular formula is C25H31N5O5. The van der Waals surface area contributed by atoms with Crippen LogP contribution in [0.5, 0.6) is 5.75 Å². The first-order chi connectivity index (χ1) is 17.0. The number of anilines is 1. The van der Waals surface area contributed by atoms with Crippen LogP contribution in [0.2, 0.25) is 0 Å². The van der Waals surface area contributed by atoms with Crippen molar-refractivity contribution >= 4 is 23.7 Å². The maximum Gasteiger partial charge on any atom is 0.330 e. The van der Waals surface area contributed by atoms with E-state index in [1.807, 2.05) is 0 Å². The summed E-state index contributed by atoms with van der Waals surface area (Å²) < 4.78 is 5.25. The number of amides is 1. The summed E-state index contributed by atoms with van der Waals surface area (Å²) in [4.78, 5) is 42.5. The van der Waals surface area contributed by atoms with Crippen molar-refractivity contribution in [1.29, 1.82) is 0 Å². The monoisotopic (exact) mass is 481 g/mol. The molecule has 4 aliphatic rings. The molecule has 3 atom stereocenters. The molecule has 1 aromatic rings. The fourth-order valence-corrected chi connectivity index (χ4v) is 5.35. The Bertz CT molecular complexity index is 1080. The van der Waals surface area contributed by atoms with Gasteiger partial charge in [0.1, 0.15) is 6.54 Å². The third-order valence-electron chi connectivity index (χ3n) is 7.17. The summed E-state index contributed by atoms with van der Waals surface area (Å²) in [5, 5.41) is 19.5. The molecule has 5 rings (SSSR count). The summed E-state index contributed by atoms with van der Waals surface area (Å²) in [7, 11) is 0. The maximum atomic E-state index is 13.3. The first-order valence-electron chi connectivity index (χ1n) is 12.3. The zero-order valence-electron chi connectivity index (χ0n) is 19.6. The lowest BCUT2D eigenvalue weighted by molar-refractivity contribution is -0.140. The molecule has 0 aliphatic carbocycles. The summed E-state index contributed by atoms with van der Waals surface area (Å²) in [5.74, 6) is -0.889. The van der Waals surface area contributed by atoms with Crippen LogP contribution in [0.4, 0.5) is 5.82 Å². The number of carbonyl (C=O) groups excluding carboxylic acids is 2. The Balaban J connectivity index is 1.22. The van der Waals surface area contributed by atoms with Crippen molar-refractivity contribution in [3.63, 3.8) is 0 Å². The Kier molecular flexibility index (Phi) is 6.72. The minimum atomic E-state index is -1.00. The van der Waals surface area contributed by atoms with E-state index in [9.17, 15) is 19.5 Å². The molecule has 186 valence electrons. The van der Waals surface area contributed by atoms with Gasteiger partial charge in [0.15, 0.2) is 11.6 Å². The van der Waals surface area contributed by atoms with E-state index in [2.05, 4.69) is 33.1 Å². The maximum absolute atomic E-state index is 13.3. The van der Waals surface area contributed by atoms with Gasteiger partial charge in [0, 0.05) is 24.4 Å². The van der Waals surface area contributed by atoms with Gasteiger partial charge in [0.2, 0.25) is 5.91 Å². The Hall–Kier alpha value is -3.40. The fourth-order valence-electron chi connectivity index (χ4n) is 5.35. The number of esters is 1. The van der Waals surface area contributed by atoms with Gasteiger partial charge in [-0.05, 0) is 68.3 Å². The normalized spacial score (nSPS) is 24.3. The van der Waals surface area contributed by atoms with Gasteiger partial charge in [-0.25, -0.2) is 9.78 Å². The Morgan fingerprint density at radius 3 is 3.06 bits per heavy atom. The Labute approximate surface area is 203 Å². The number of carboxylic acids is 1. The highest BCUT2D eigenvalue weighted by atomic mass is 16.5. The molecule has 4 N–H and O–H groups in total. The molecule has 0 aromatic carbocycles. The van der Waals surface area contributed by atoms with E-state index in [1.54, 1.807) is 17.2 Å². The van der Waals surface area contributed by atoms with Crippen molar-refractivity contribution in [2.75, 3.05) is 25.0 Å². The number of carbonyl (C=O) groups is 3. The second-order valence-electron chi connectivity index (χ2n) is 9.53. The van der Waals surface area contributed by atoms with Crippen LogP contribution in [0.3, 0.4) is 0 Å². The van der Waals surface area contributed by atoms with Crippen LogP contribution in [0, 0.1) is 5.92 Å². The second-order valence-corrected chi connectivity index (χ2v) is 9.53. The van der Waals surface area contributed by atoms with Crippen molar-refractivity contribution in [1.82, 2.24) is 20.5 Å². The Morgan fingerprint density at radius 2 is 2.20 bits per heavy atom. The number of allylic oxidation sites excluding steroid dienone is 3. The number of nitrogens with one attached hydrogen (secondary N) is 3. The van der Waals surface area contributed by atoms with E-state index < -0.39 is 18.0 Å². The van der Waals surface area contributed by atoms with Crippen LogP contribution in [0.25, 0.3) is 0 Å². The highest BCUT2D eigenvalue weighted by Crippen LogP contribution is 2.36. The molecule has 0 bridgehead atoms. The summed E-state index contributed by atoms with van der Waals surface area (Å²) in [6, 6.07) is 0.954. The largest absolute Gasteiger partial charge is 0.481 e. The molecule has 0 spiro atoms. The Morgan fingerprint density at radius 1 is 1.31 bits per heavy atom. The van der Waals surface area contributed by atoms with E-state index >= 15 is 0 Å². The lowest BCUT2D eigenvalue weighted by Crippen LogP contribution is -2.47. The van der Waals surface area contributed by atoms with Crippen molar-refractivity contribution < 1.29 is 24.2 Å². The number of aliphatic carboxylic acids is 1. The van der Waals surface area contributed by atoms with Gasteiger partial charge in [-0.1, -0.05) is 6.08 Å². The zero-order valence-corrected chi connectivity index (χ0v) is 19.6. The number of nitrogens with zero attached hydrogens (tertiary/aromatic N) is 2. The van der Waals surface area contributed by atoms with Crippen LogP contribution in [-0.4, -0.2) is 58.6 Å². The number of carboxylic acid groups (broad SMARTS) is 1. The number of aromatic nitrogens is 1. The van der Waals surface area contributed by atoms with Gasteiger partial charge in [0.25, 0.3) is 0 Å². The number of pyridine rings is 1. The average molecular weight is 482 g/mol. The fraction of sp³-hybridized carbons (Fsp3) is 0.520. The van der Waals surface area contributed by atoms with Crippen LogP contribution in [0.15, 0.2) is 35.7 Å².